The van der Waals surface area contributed by atoms with Crippen LogP contribution in [0.15, 0.2) is 109 Å². The van der Waals surface area contributed by atoms with Gasteiger partial charge in [-0.1, -0.05) is 128 Å². The third-order valence-corrected chi connectivity index (χ3v) is 10.4. The van der Waals surface area contributed by atoms with Gasteiger partial charge < -0.3 is 25.6 Å². The predicted octanol–water partition coefficient (Wildman–Crippen LogP) is 12.6. The van der Waals surface area contributed by atoms with Crippen LogP contribution in [0.5, 0.6) is 0 Å². The summed E-state index contributed by atoms with van der Waals surface area (Å²) in [7, 11) is 0. The Morgan fingerprint density at radius 2 is 1.00 bits per heavy atom. The fourth-order valence-corrected chi connectivity index (χ4v) is 7.27. The Morgan fingerprint density at radius 1 is 0.603 bits per heavy atom. The first-order valence-corrected chi connectivity index (χ1v) is 23.5. The van der Waals surface area contributed by atoms with Gasteiger partial charge in [-0.3, -0.25) is 0 Å². The number of alkyl carbamates (subject to hydrolysis) is 1. The molecule has 0 radical (unpaired) electrons. The minimum Gasteiger partial charge on any atom is -0.444 e. The van der Waals surface area contributed by atoms with E-state index < -0.39 is 5.60 Å². The predicted molar refractivity (Wildman–Crippen MR) is 269 cm³/mol. The molecule has 0 unspecified atom stereocenters. The molecule has 340 valence electrons. The summed E-state index contributed by atoms with van der Waals surface area (Å²) in [6, 6.07) is 33.6. The van der Waals surface area contributed by atoms with E-state index in [2.05, 4.69) is 110 Å². The summed E-state index contributed by atoms with van der Waals surface area (Å²) >= 11 is 0. The zero-order valence-electron chi connectivity index (χ0n) is 40.2. The van der Waals surface area contributed by atoms with Gasteiger partial charge in [0.2, 0.25) is 11.9 Å². The van der Waals surface area contributed by atoms with Crippen molar-refractivity contribution < 1.29 is 9.53 Å². The number of nitrogens with two attached hydrogens (primary N) is 1. The Labute approximate surface area is 379 Å². The molecule has 10 heteroatoms. The summed E-state index contributed by atoms with van der Waals surface area (Å²) < 4.78 is 5.32. The largest absolute Gasteiger partial charge is 0.444 e. The van der Waals surface area contributed by atoms with Crippen molar-refractivity contribution in [3.8, 4) is 22.5 Å². The highest BCUT2D eigenvalue weighted by atomic mass is 16.6. The average Bonchev–Trinajstić information content (AvgIpc) is 3.35. The van der Waals surface area contributed by atoms with Gasteiger partial charge in [-0.25, -0.2) is 24.7 Å². The first kappa shape index (κ1) is 51.7. The molecule has 4 aromatic carbocycles. The fourth-order valence-electron chi connectivity index (χ4n) is 7.27. The number of hydrogen-bond acceptors (Lipinski definition) is 9. The van der Waals surface area contributed by atoms with E-state index in [9.17, 15) is 4.79 Å². The van der Waals surface area contributed by atoms with E-state index in [0.717, 1.165) is 92.8 Å². The summed E-state index contributed by atoms with van der Waals surface area (Å²) in [5, 5.41) is 7.81. The maximum absolute atomic E-state index is 11.9. The average molecular weight is 857 g/mol. The van der Waals surface area contributed by atoms with Crippen LogP contribution >= 0.6 is 0 Å². The lowest BCUT2D eigenvalue weighted by Crippen LogP contribution is -2.40. The lowest BCUT2D eigenvalue weighted by molar-refractivity contribution is 0.0516. The van der Waals surface area contributed by atoms with E-state index in [-0.39, 0.29) is 6.09 Å². The molecule has 4 heterocycles. The molecule has 2 aromatic heterocycles. The first-order chi connectivity index (χ1) is 30.7. The molecule has 2 aliphatic heterocycles. The van der Waals surface area contributed by atoms with E-state index in [1.54, 1.807) is 0 Å². The second kappa shape index (κ2) is 27.4. The minimum atomic E-state index is -0.471. The van der Waals surface area contributed by atoms with E-state index in [0.29, 0.717) is 18.4 Å². The number of fused-ring (bicyclic) bond motifs is 2. The molecular formula is C53H76N8O2. The molecule has 10 nitrogen and oxygen atoms in total. The first-order valence-electron chi connectivity index (χ1n) is 23.5. The lowest BCUT2D eigenvalue weighted by atomic mass is 9.97. The summed E-state index contributed by atoms with van der Waals surface area (Å²) in [5.41, 5.74) is 9.45. The van der Waals surface area contributed by atoms with Crippen LogP contribution in [0.2, 0.25) is 0 Å². The molecular weight excluding hydrogens is 781 g/mol. The number of benzene rings is 4. The Morgan fingerprint density at radius 3 is 1.40 bits per heavy atom. The van der Waals surface area contributed by atoms with Crippen LogP contribution in [-0.4, -0.2) is 70.9 Å². The van der Waals surface area contributed by atoms with Gasteiger partial charge in [0.05, 0.1) is 11.4 Å². The van der Waals surface area contributed by atoms with Crippen LogP contribution in [0, 0.1) is 11.8 Å². The number of carbonyl (C=O) groups is 1. The topological polar surface area (TPSA) is 122 Å². The molecule has 6 aromatic rings. The standard InChI is InChI=1S/C25H30N4O2.C20H22N4.4C2H6/c1-25(2,3)31-24(30)27-17-18-11-14-29(15-12-18)23-26-13-10-22(28-23)21-9-8-19-6-4-5-7-20(19)16-21;21-14-15-8-11-24(12-9-15)20-22-10-7-19(23-20)18-6-5-16-3-1-2-4-17(16)13-18;4*1-2/h4-10,13,16,18H,11-12,14-15,17H2,1-3H3,(H,27,30);1-7,10,13,15H,8-9,11-12,14,21H2;4*1-2H3. The summed E-state index contributed by atoms with van der Waals surface area (Å²) in [6.45, 7) is 26.8. The number of amides is 1. The molecule has 63 heavy (non-hydrogen) atoms. The SMILES string of the molecule is CC.CC.CC.CC.CC(C)(C)OC(=O)NCC1CCN(c2nccc(-c3ccc4ccccc4c3)n2)CC1.NCC1CCN(c2nccc(-c3ccc4ccccc4c3)n2)CC1. The Hall–Kier alpha value is -5.61. The third kappa shape index (κ3) is 15.9. The lowest BCUT2D eigenvalue weighted by Gasteiger charge is -2.32. The number of carbonyl (C=O) groups excluding carboxylic acids is 1. The van der Waals surface area contributed by atoms with Crippen molar-refractivity contribution in [2.24, 2.45) is 17.6 Å². The highest BCUT2D eigenvalue weighted by Crippen LogP contribution is 2.28. The molecule has 0 aliphatic carbocycles. The van der Waals surface area contributed by atoms with Gasteiger partial charge in [0.25, 0.3) is 0 Å². The zero-order chi connectivity index (χ0) is 46.2. The molecule has 2 fully saturated rings. The summed E-state index contributed by atoms with van der Waals surface area (Å²) in [5.74, 6) is 2.68. The minimum absolute atomic E-state index is 0.346. The molecule has 2 saturated heterocycles. The van der Waals surface area contributed by atoms with E-state index in [1.807, 2.05) is 101 Å². The molecule has 1 amide bonds. The van der Waals surface area contributed by atoms with Crippen LogP contribution in [0.4, 0.5) is 16.7 Å². The van der Waals surface area contributed by atoms with E-state index in [1.165, 1.54) is 21.5 Å². The van der Waals surface area contributed by atoms with Crippen molar-refractivity contribution in [3.63, 3.8) is 0 Å². The van der Waals surface area contributed by atoms with Crippen molar-refractivity contribution in [1.82, 2.24) is 25.3 Å². The number of rotatable bonds is 7. The maximum Gasteiger partial charge on any atom is 0.407 e. The van der Waals surface area contributed by atoms with Crippen LogP contribution in [0.3, 0.4) is 0 Å². The molecule has 3 N–H and O–H groups in total. The second-order valence-corrected chi connectivity index (χ2v) is 15.6. The third-order valence-electron chi connectivity index (χ3n) is 10.4. The highest BCUT2D eigenvalue weighted by molar-refractivity contribution is 5.87. The smallest absolute Gasteiger partial charge is 0.407 e. The van der Waals surface area contributed by atoms with Gasteiger partial charge in [0.15, 0.2) is 0 Å². The fraction of sp³-hybridized carbons (Fsp3) is 0.453. The van der Waals surface area contributed by atoms with Crippen LogP contribution < -0.4 is 20.9 Å². The normalized spacial score (nSPS) is 13.8. The Bertz CT molecular complexity index is 2210. The van der Waals surface area contributed by atoms with Crippen molar-refractivity contribution in [2.45, 2.75) is 107 Å². The van der Waals surface area contributed by atoms with Crippen molar-refractivity contribution in [2.75, 3.05) is 49.1 Å². The van der Waals surface area contributed by atoms with Crippen molar-refractivity contribution in [3.05, 3.63) is 109 Å². The van der Waals surface area contributed by atoms with Crippen LogP contribution in [-0.2, 0) is 4.74 Å². The number of aromatic nitrogens is 4. The van der Waals surface area contributed by atoms with E-state index >= 15 is 0 Å². The van der Waals surface area contributed by atoms with Gasteiger partial charge in [0.1, 0.15) is 5.60 Å². The number of ether oxygens (including phenoxy) is 1. The van der Waals surface area contributed by atoms with Crippen molar-refractivity contribution in [1.29, 1.82) is 0 Å². The molecule has 2 aliphatic rings. The second-order valence-electron chi connectivity index (χ2n) is 15.6. The van der Waals surface area contributed by atoms with Gasteiger partial charge in [0, 0.05) is 56.2 Å². The van der Waals surface area contributed by atoms with Gasteiger partial charge in [-0.2, -0.15) is 0 Å². The van der Waals surface area contributed by atoms with Crippen LogP contribution in [0.25, 0.3) is 44.1 Å². The molecule has 0 saturated carbocycles. The molecule has 8 rings (SSSR count). The van der Waals surface area contributed by atoms with Gasteiger partial charge in [-0.05, 0) is 111 Å². The summed E-state index contributed by atoms with van der Waals surface area (Å²) in [6.07, 6.45) is 7.57. The van der Waals surface area contributed by atoms with Gasteiger partial charge >= 0.3 is 6.09 Å². The summed E-state index contributed by atoms with van der Waals surface area (Å²) in [4.78, 5) is 35.0. The van der Waals surface area contributed by atoms with Crippen molar-refractivity contribution >= 4 is 39.5 Å². The molecule has 0 spiro atoms. The van der Waals surface area contributed by atoms with Crippen LogP contribution in [0.1, 0.15) is 102 Å². The number of nitrogens with one attached hydrogen (secondary N) is 1. The number of piperidine rings is 2. The highest BCUT2D eigenvalue weighted by Gasteiger charge is 2.24. The number of hydrogen-bond donors (Lipinski definition) is 2. The van der Waals surface area contributed by atoms with E-state index in [4.69, 9.17) is 20.4 Å². The molecule has 0 atom stereocenters. The number of anilines is 2. The zero-order valence-corrected chi connectivity index (χ0v) is 40.2. The quantitative estimate of drug-likeness (QED) is 0.162. The number of nitrogens with zero attached hydrogens (tertiary/aromatic N) is 6. The van der Waals surface area contributed by atoms with Gasteiger partial charge in [-0.15, -0.1) is 0 Å². The molecule has 0 bridgehead atoms. The Kier molecular flexibility index (Phi) is 22.5. The monoisotopic (exact) mass is 857 g/mol. The Balaban J connectivity index is 0.000000296. The maximum atomic E-state index is 11.9.